The Labute approximate surface area is 67.1 Å². The Kier molecular flexibility index (Phi) is 2.65. The largest absolute Gasteiger partial charge is 0.324 e. The molecule has 0 aromatic carbocycles. The van der Waals surface area contributed by atoms with E-state index in [2.05, 4.69) is 11.9 Å². The summed E-state index contributed by atoms with van der Waals surface area (Å²) < 4.78 is 0. The topological polar surface area (TPSA) is 32.3 Å². The fraction of sp³-hybridized carbons (Fsp3) is 0.625. The molecular formula is C8H14N2O. The van der Waals surface area contributed by atoms with Crippen molar-refractivity contribution in [3.63, 3.8) is 0 Å². The van der Waals surface area contributed by atoms with Crippen molar-refractivity contribution in [1.82, 2.24) is 10.2 Å². The smallest absolute Gasteiger partial charge is 0.247 e. The van der Waals surface area contributed by atoms with Crippen LogP contribution >= 0.6 is 0 Å². The number of likely N-dealkylation sites (tertiary alicyclic amines) is 1. The van der Waals surface area contributed by atoms with E-state index in [0.717, 1.165) is 19.4 Å². The van der Waals surface area contributed by atoms with E-state index in [4.69, 9.17) is 0 Å². The Morgan fingerprint density at radius 1 is 1.82 bits per heavy atom. The summed E-state index contributed by atoms with van der Waals surface area (Å²) in [5.74, 6) is 0.0295. The maximum atomic E-state index is 11.2. The van der Waals surface area contributed by atoms with Crippen LogP contribution < -0.4 is 5.32 Å². The van der Waals surface area contributed by atoms with Gasteiger partial charge in [-0.15, -0.1) is 0 Å². The monoisotopic (exact) mass is 154 g/mol. The number of amides is 1. The van der Waals surface area contributed by atoms with Gasteiger partial charge in [0.1, 0.15) is 0 Å². The van der Waals surface area contributed by atoms with Crippen LogP contribution in [0.3, 0.4) is 0 Å². The zero-order valence-electron chi connectivity index (χ0n) is 6.84. The van der Waals surface area contributed by atoms with Crippen molar-refractivity contribution in [2.45, 2.75) is 19.0 Å². The van der Waals surface area contributed by atoms with Crippen molar-refractivity contribution >= 4 is 5.91 Å². The molecule has 1 atom stereocenters. The molecule has 3 nitrogen and oxygen atoms in total. The van der Waals surface area contributed by atoms with E-state index in [1.807, 2.05) is 11.9 Å². The fourth-order valence-corrected chi connectivity index (χ4v) is 1.45. The second-order valence-electron chi connectivity index (χ2n) is 2.68. The molecule has 0 aromatic rings. The van der Waals surface area contributed by atoms with E-state index in [9.17, 15) is 4.79 Å². The van der Waals surface area contributed by atoms with Crippen LogP contribution in [0.4, 0.5) is 0 Å². The molecule has 62 valence electrons. The average Bonchev–Trinajstić information content (AvgIpc) is 2.50. The maximum absolute atomic E-state index is 11.2. The lowest BCUT2D eigenvalue weighted by Crippen LogP contribution is -2.42. The molecule has 1 aliphatic heterocycles. The molecule has 0 bridgehead atoms. The molecule has 1 amide bonds. The zero-order valence-corrected chi connectivity index (χ0v) is 6.84. The first kappa shape index (κ1) is 8.27. The van der Waals surface area contributed by atoms with Crippen LogP contribution in [-0.2, 0) is 4.79 Å². The summed E-state index contributed by atoms with van der Waals surface area (Å²) in [5.41, 5.74) is 0. The lowest BCUT2D eigenvalue weighted by Gasteiger charge is -2.22. The van der Waals surface area contributed by atoms with E-state index < -0.39 is 0 Å². The van der Waals surface area contributed by atoms with Crippen molar-refractivity contribution in [3.8, 4) is 0 Å². The Balaban J connectivity index is 2.55. The molecule has 1 rings (SSSR count). The molecule has 1 N–H and O–H groups in total. The molecule has 1 unspecified atom stereocenters. The second kappa shape index (κ2) is 3.53. The SMILES string of the molecule is C=CC(=O)N1CCCC1NC. The van der Waals surface area contributed by atoms with E-state index in [1.165, 1.54) is 6.08 Å². The highest BCUT2D eigenvalue weighted by Crippen LogP contribution is 2.14. The van der Waals surface area contributed by atoms with Crippen LogP contribution in [0.15, 0.2) is 12.7 Å². The summed E-state index contributed by atoms with van der Waals surface area (Å²) in [4.78, 5) is 13.0. The van der Waals surface area contributed by atoms with Gasteiger partial charge in [-0.2, -0.15) is 0 Å². The lowest BCUT2D eigenvalue weighted by atomic mass is 10.3. The molecule has 0 spiro atoms. The molecule has 0 aromatic heterocycles. The number of rotatable bonds is 2. The van der Waals surface area contributed by atoms with Crippen LogP contribution in [0, 0.1) is 0 Å². The quantitative estimate of drug-likeness (QED) is 0.582. The Morgan fingerprint density at radius 3 is 3.09 bits per heavy atom. The highest BCUT2D eigenvalue weighted by atomic mass is 16.2. The first-order valence-corrected chi connectivity index (χ1v) is 3.90. The van der Waals surface area contributed by atoms with Crippen LogP contribution in [-0.4, -0.2) is 30.6 Å². The number of carbonyl (C=O) groups is 1. The summed E-state index contributed by atoms with van der Waals surface area (Å²) in [6.07, 6.45) is 3.73. The van der Waals surface area contributed by atoms with E-state index in [1.54, 1.807) is 0 Å². The Hall–Kier alpha value is -0.830. The number of hydrogen-bond acceptors (Lipinski definition) is 2. The van der Waals surface area contributed by atoms with Gasteiger partial charge in [0.15, 0.2) is 0 Å². The molecule has 0 radical (unpaired) electrons. The molecule has 1 aliphatic rings. The number of nitrogens with one attached hydrogen (secondary N) is 1. The van der Waals surface area contributed by atoms with Gasteiger partial charge >= 0.3 is 0 Å². The zero-order chi connectivity index (χ0) is 8.27. The molecule has 0 aliphatic carbocycles. The van der Waals surface area contributed by atoms with Gasteiger partial charge in [-0.05, 0) is 26.0 Å². The van der Waals surface area contributed by atoms with Gasteiger partial charge in [-0.25, -0.2) is 0 Å². The third kappa shape index (κ3) is 1.60. The number of nitrogens with zero attached hydrogens (tertiary/aromatic N) is 1. The summed E-state index contributed by atoms with van der Waals surface area (Å²) in [7, 11) is 1.87. The van der Waals surface area contributed by atoms with Crippen molar-refractivity contribution in [2.75, 3.05) is 13.6 Å². The normalized spacial score (nSPS) is 23.7. The number of carbonyl (C=O) groups excluding carboxylic acids is 1. The minimum atomic E-state index is 0.0295. The van der Waals surface area contributed by atoms with Crippen LogP contribution in [0.1, 0.15) is 12.8 Å². The highest BCUT2D eigenvalue weighted by molar-refractivity contribution is 5.87. The maximum Gasteiger partial charge on any atom is 0.247 e. The fourth-order valence-electron chi connectivity index (χ4n) is 1.45. The lowest BCUT2D eigenvalue weighted by molar-refractivity contribution is -0.127. The van der Waals surface area contributed by atoms with Crippen molar-refractivity contribution in [1.29, 1.82) is 0 Å². The van der Waals surface area contributed by atoms with E-state index in [-0.39, 0.29) is 12.1 Å². The summed E-state index contributed by atoms with van der Waals surface area (Å²) in [6.45, 7) is 4.31. The minimum absolute atomic E-state index is 0.0295. The second-order valence-corrected chi connectivity index (χ2v) is 2.68. The predicted molar refractivity (Wildman–Crippen MR) is 44.0 cm³/mol. The Bertz CT molecular complexity index is 167. The van der Waals surface area contributed by atoms with Gasteiger partial charge < -0.3 is 10.2 Å². The third-order valence-corrected chi connectivity index (χ3v) is 2.04. The van der Waals surface area contributed by atoms with Gasteiger partial charge in [0, 0.05) is 6.54 Å². The summed E-state index contributed by atoms with van der Waals surface area (Å²) >= 11 is 0. The van der Waals surface area contributed by atoms with E-state index >= 15 is 0 Å². The van der Waals surface area contributed by atoms with Crippen LogP contribution in [0.5, 0.6) is 0 Å². The van der Waals surface area contributed by atoms with Crippen molar-refractivity contribution < 1.29 is 4.79 Å². The van der Waals surface area contributed by atoms with Gasteiger partial charge in [-0.3, -0.25) is 4.79 Å². The Morgan fingerprint density at radius 2 is 2.55 bits per heavy atom. The van der Waals surface area contributed by atoms with Crippen molar-refractivity contribution in [2.24, 2.45) is 0 Å². The van der Waals surface area contributed by atoms with Gasteiger partial charge in [0.25, 0.3) is 0 Å². The number of hydrogen-bond donors (Lipinski definition) is 1. The molecule has 1 heterocycles. The minimum Gasteiger partial charge on any atom is -0.324 e. The van der Waals surface area contributed by atoms with E-state index in [0.29, 0.717) is 0 Å². The highest BCUT2D eigenvalue weighted by Gasteiger charge is 2.25. The molecule has 3 heteroatoms. The van der Waals surface area contributed by atoms with Crippen LogP contribution in [0.25, 0.3) is 0 Å². The third-order valence-electron chi connectivity index (χ3n) is 2.04. The molecule has 1 saturated heterocycles. The standard InChI is InChI=1S/C8H14N2O/c1-3-8(11)10-6-4-5-7(10)9-2/h3,7,9H,1,4-6H2,2H3. The van der Waals surface area contributed by atoms with Gasteiger partial charge in [0.2, 0.25) is 5.91 Å². The van der Waals surface area contributed by atoms with Crippen LogP contribution in [0.2, 0.25) is 0 Å². The molecule has 0 saturated carbocycles. The average molecular weight is 154 g/mol. The predicted octanol–water partition coefficient (Wildman–Crippen LogP) is 0.340. The molecule has 1 fully saturated rings. The first-order valence-electron chi connectivity index (χ1n) is 3.90. The first-order chi connectivity index (χ1) is 5.29. The van der Waals surface area contributed by atoms with Gasteiger partial charge in [-0.1, -0.05) is 6.58 Å². The van der Waals surface area contributed by atoms with Gasteiger partial charge in [0.05, 0.1) is 6.17 Å². The molecular weight excluding hydrogens is 140 g/mol. The summed E-state index contributed by atoms with van der Waals surface area (Å²) in [5, 5.41) is 3.09. The summed E-state index contributed by atoms with van der Waals surface area (Å²) in [6, 6.07) is 0. The van der Waals surface area contributed by atoms with Crippen molar-refractivity contribution in [3.05, 3.63) is 12.7 Å². The molecule has 11 heavy (non-hydrogen) atoms.